The number of anilines is 1. The first-order valence-electron chi connectivity index (χ1n) is 10.3. The van der Waals surface area contributed by atoms with Gasteiger partial charge in [0.2, 0.25) is 5.91 Å². The van der Waals surface area contributed by atoms with E-state index in [1.807, 2.05) is 50.3 Å². The van der Waals surface area contributed by atoms with Crippen molar-refractivity contribution in [3.8, 4) is 0 Å². The average Bonchev–Trinajstić information content (AvgIpc) is 2.58. The third kappa shape index (κ3) is 7.15. The average molecular weight is 388 g/mol. The molecule has 1 aromatic rings. The molecule has 1 aliphatic carbocycles. The van der Waals surface area contributed by atoms with Gasteiger partial charge in [0.25, 0.3) is 0 Å². The SMILES string of the molecule is CN=C(NCc1cccc(NC(=O)CN(C)C)c1)NCC1(CC(C)C)CCC1. The molecule has 28 heavy (non-hydrogen) atoms. The molecule has 0 radical (unpaired) electrons. The lowest BCUT2D eigenvalue weighted by Crippen LogP contribution is -2.46. The van der Waals surface area contributed by atoms with E-state index in [0.29, 0.717) is 18.5 Å². The fraction of sp³-hybridized carbons (Fsp3) is 0.636. The van der Waals surface area contributed by atoms with Crippen molar-refractivity contribution < 1.29 is 4.79 Å². The number of likely N-dealkylation sites (N-methyl/N-ethyl adjacent to an activating group) is 1. The Hall–Kier alpha value is -2.08. The maximum Gasteiger partial charge on any atom is 0.238 e. The minimum absolute atomic E-state index is 0.0106. The summed E-state index contributed by atoms with van der Waals surface area (Å²) >= 11 is 0. The number of carbonyl (C=O) groups is 1. The molecule has 3 N–H and O–H groups in total. The first-order valence-corrected chi connectivity index (χ1v) is 10.3. The highest BCUT2D eigenvalue weighted by Gasteiger charge is 2.37. The summed E-state index contributed by atoms with van der Waals surface area (Å²) in [7, 11) is 5.57. The van der Waals surface area contributed by atoms with Crippen LogP contribution in [0.2, 0.25) is 0 Å². The number of amides is 1. The molecular weight excluding hydrogens is 350 g/mol. The molecule has 0 heterocycles. The molecular formula is C22H37N5O. The molecule has 1 aliphatic rings. The van der Waals surface area contributed by atoms with Crippen molar-refractivity contribution in [2.24, 2.45) is 16.3 Å². The number of nitrogens with zero attached hydrogens (tertiary/aromatic N) is 2. The van der Waals surface area contributed by atoms with Crippen LogP contribution < -0.4 is 16.0 Å². The molecule has 0 aliphatic heterocycles. The van der Waals surface area contributed by atoms with Gasteiger partial charge < -0.3 is 20.9 Å². The summed E-state index contributed by atoms with van der Waals surface area (Å²) in [4.78, 5) is 18.2. The monoisotopic (exact) mass is 387 g/mol. The molecule has 0 aromatic heterocycles. The maximum absolute atomic E-state index is 11.9. The van der Waals surface area contributed by atoms with E-state index in [1.165, 1.54) is 25.7 Å². The fourth-order valence-electron chi connectivity index (χ4n) is 3.92. The number of guanidine groups is 1. The van der Waals surface area contributed by atoms with E-state index in [1.54, 1.807) is 0 Å². The molecule has 1 fully saturated rings. The lowest BCUT2D eigenvalue weighted by atomic mass is 9.64. The third-order valence-electron chi connectivity index (χ3n) is 5.24. The van der Waals surface area contributed by atoms with E-state index in [4.69, 9.17) is 0 Å². The van der Waals surface area contributed by atoms with Gasteiger partial charge in [0, 0.05) is 25.8 Å². The summed E-state index contributed by atoms with van der Waals surface area (Å²) in [6.07, 6.45) is 5.23. The standard InChI is InChI=1S/C22H37N5O/c1-17(2)13-22(10-7-11-22)16-25-21(23-3)24-14-18-8-6-9-19(12-18)26-20(28)15-27(4)5/h6,8-9,12,17H,7,10-11,13-16H2,1-5H3,(H,26,28)(H2,23,24,25). The van der Waals surface area contributed by atoms with Crippen LogP contribution in [0, 0.1) is 11.3 Å². The predicted molar refractivity (Wildman–Crippen MR) is 118 cm³/mol. The number of benzene rings is 1. The lowest BCUT2D eigenvalue weighted by molar-refractivity contribution is -0.116. The van der Waals surface area contributed by atoms with Crippen LogP contribution in [0.25, 0.3) is 0 Å². The number of carbonyl (C=O) groups excluding carboxylic acids is 1. The summed E-state index contributed by atoms with van der Waals surface area (Å²) in [5.41, 5.74) is 2.35. The Morgan fingerprint density at radius 2 is 2.00 bits per heavy atom. The van der Waals surface area contributed by atoms with Crippen molar-refractivity contribution in [2.75, 3.05) is 39.5 Å². The van der Waals surface area contributed by atoms with Gasteiger partial charge in [-0.1, -0.05) is 32.4 Å². The van der Waals surface area contributed by atoms with Crippen LogP contribution in [-0.2, 0) is 11.3 Å². The van der Waals surface area contributed by atoms with E-state index in [0.717, 1.165) is 29.7 Å². The molecule has 0 spiro atoms. The zero-order valence-electron chi connectivity index (χ0n) is 18.1. The molecule has 0 unspecified atom stereocenters. The molecule has 156 valence electrons. The fourth-order valence-corrected chi connectivity index (χ4v) is 3.92. The highest BCUT2D eigenvalue weighted by atomic mass is 16.2. The zero-order valence-corrected chi connectivity index (χ0v) is 18.1. The molecule has 0 atom stereocenters. The second-order valence-electron chi connectivity index (χ2n) is 8.72. The van der Waals surface area contributed by atoms with E-state index in [2.05, 4.69) is 34.8 Å². The minimum atomic E-state index is -0.0106. The Morgan fingerprint density at radius 1 is 1.25 bits per heavy atom. The smallest absolute Gasteiger partial charge is 0.238 e. The van der Waals surface area contributed by atoms with Gasteiger partial charge in [0.15, 0.2) is 5.96 Å². The van der Waals surface area contributed by atoms with Gasteiger partial charge in [-0.3, -0.25) is 9.79 Å². The lowest BCUT2D eigenvalue weighted by Gasteiger charge is -2.43. The van der Waals surface area contributed by atoms with Crippen molar-refractivity contribution in [2.45, 2.75) is 46.1 Å². The molecule has 1 saturated carbocycles. The van der Waals surface area contributed by atoms with Gasteiger partial charge in [-0.05, 0) is 62.4 Å². The normalized spacial score (nSPS) is 16.0. The van der Waals surface area contributed by atoms with Gasteiger partial charge in [-0.2, -0.15) is 0 Å². The van der Waals surface area contributed by atoms with Gasteiger partial charge in [-0.15, -0.1) is 0 Å². The van der Waals surface area contributed by atoms with Crippen molar-refractivity contribution in [1.29, 1.82) is 0 Å². The van der Waals surface area contributed by atoms with E-state index >= 15 is 0 Å². The summed E-state index contributed by atoms with van der Waals surface area (Å²) in [6, 6.07) is 7.93. The number of hydrogen-bond acceptors (Lipinski definition) is 3. The summed E-state index contributed by atoms with van der Waals surface area (Å²) in [5, 5.41) is 9.85. The van der Waals surface area contributed by atoms with Gasteiger partial charge in [-0.25, -0.2) is 0 Å². The third-order valence-corrected chi connectivity index (χ3v) is 5.24. The first-order chi connectivity index (χ1) is 13.3. The van der Waals surface area contributed by atoms with Gasteiger partial charge in [0.05, 0.1) is 6.54 Å². The Bertz CT molecular complexity index is 665. The predicted octanol–water partition coefficient (Wildman–Crippen LogP) is 3.07. The highest BCUT2D eigenvalue weighted by molar-refractivity contribution is 5.92. The number of hydrogen-bond donors (Lipinski definition) is 3. The molecule has 0 saturated heterocycles. The largest absolute Gasteiger partial charge is 0.356 e. The van der Waals surface area contributed by atoms with Crippen LogP contribution in [0.4, 0.5) is 5.69 Å². The number of rotatable bonds is 9. The Balaban J connectivity index is 1.84. The van der Waals surface area contributed by atoms with Crippen LogP contribution in [0.3, 0.4) is 0 Å². The number of nitrogens with one attached hydrogen (secondary N) is 3. The number of aliphatic imine (C=N–C) groups is 1. The van der Waals surface area contributed by atoms with Crippen molar-refractivity contribution in [1.82, 2.24) is 15.5 Å². The van der Waals surface area contributed by atoms with E-state index < -0.39 is 0 Å². The maximum atomic E-state index is 11.9. The molecule has 2 rings (SSSR count). The Kier molecular flexibility index (Phi) is 8.30. The minimum Gasteiger partial charge on any atom is -0.356 e. The van der Waals surface area contributed by atoms with Crippen LogP contribution >= 0.6 is 0 Å². The van der Waals surface area contributed by atoms with Crippen LogP contribution in [0.1, 0.15) is 45.1 Å². The van der Waals surface area contributed by atoms with Crippen molar-refractivity contribution in [3.05, 3.63) is 29.8 Å². The molecule has 1 aromatic carbocycles. The van der Waals surface area contributed by atoms with Crippen molar-refractivity contribution >= 4 is 17.6 Å². The van der Waals surface area contributed by atoms with Crippen LogP contribution in [0.5, 0.6) is 0 Å². The summed E-state index contributed by atoms with van der Waals surface area (Å²) < 4.78 is 0. The quantitative estimate of drug-likeness (QED) is 0.450. The molecule has 1 amide bonds. The zero-order chi connectivity index (χ0) is 20.6. The van der Waals surface area contributed by atoms with E-state index in [9.17, 15) is 4.79 Å². The van der Waals surface area contributed by atoms with E-state index in [-0.39, 0.29) is 5.91 Å². The molecule has 0 bridgehead atoms. The van der Waals surface area contributed by atoms with Crippen molar-refractivity contribution in [3.63, 3.8) is 0 Å². The first kappa shape index (κ1) is 22.2. The second-order valence-corrected chi connectivity index (χ2v) is 8.72. The van der Waals surface area contributed by atoms with Gasteiger partial charge >= 0.3 is 0 Å². The Morgan fingerprint density at radius 3 is 2.57 bits per heavy atom. The molecule has 6 nitrogen and oxygen atoms in total. The topological polar surface area (TPSA) is 68.8 Å². The van der Waals surface area contributed by atoms with Gasteiger partial charge in [0.1, 0.15) is 0 Å². The van der Waals surface area contributed by atoms with Crippen LogP contribution in [-0.4, -0.2) is 51.0 Å². The summed E-state index contributed by atoms with van der Waals surface area (Å²) in [6.45, 7) is 6.62. The Labute approximate surface area is 170 Å². The summed E-state index contributed by atoms with van der Waals surface area (Å²) in [5.74, 6) is 1.54. The highest BCUT2D eigenvalue weighted by Crippen LogP contribution is 2.45. The van der Waals surface area contributed by atoms with Crippen LogP contribution in [0.15, 0.2) is 29.3 Å². The second kappa shape index (κ2) is 10.5. The molecule has 6 heteroatoms.